The fraction of sp³-hybridized carbons (Fsp3) is 0.280. The van der Waals surface area contributed by atoms with Crippen molar-refractivity contribution >= 4 is 23.7 Å². The summed E-state index contributed by atoms with van der Waals surface area (Å²) in [6, 6.07) is 17.8. The summed E-state index contributed by atoms with van der Waals surface area (Å²) in [6.45, 7) is 3.65. The Labute approximate surface area is 185 Å². The molecule has 4 rings (SSSR count). The Hall–Kier alpha value is -2.99. The highest BCUT2D eigenvalue weighted by molar-refractivity contribution is 7.98. The number of allylic oxidation sites excluding steroid dienone is 1. The molecule has 0 saturated heterocycles. The van der Waals surface area contributed by atoms with Crippen molar-refractivity contribution in [1.29, 1.82) is 0 Å². The third-order valence-corrected chi connectivity index (χ3v) is 6.44. The van der Waals surface area contributed by atoms with Gasteiger partial charge in [0.2, 0.25) is 0 Å². The molecule has 0 aromatic heterocycles. The van der Waals surface area contributed by atoms with Gasteiger partial charge in [-0.05, 0) is 36.6 Å². The van der Waals surface area contributed by atoms with Crippen LogP contribution >= 0.6 is 11.8 Å². The van der Waals surface area contributed by atoms with Crippen LogP contribution in [0.5, 0.6) is 0 Å². The van der Waals surface area contributed by atoms with E-state index in [-0.39, 0.29) is 30.5 Å². The van der Waals surface area contributed by atoms with Crippen LogP contribution in [0, 0.1) is 0 Å². The molecule has 1 unspecified atom stereocenters. The van der Waals surface area contributed by atoms with Gasteiger partial charge in [-0.25, -0.2) is 9.59 Å². The lowest BCUT2D eigenvalue weighted by molar-refractivity contribution is -0.143. The van der Waals surface area contributed by atoms with Crippen molar-refractivity contribution in [1.82, 2.24) is 0 Å². The van der Waals surface area contributed by atoms with Crippen LogP contribution in [-0.2, 0) is 24.8 Å². The molecule has 2 aliphatic rings. The Kier molecular flexibility index (Phi) is 6.18. The summed E-state index contributed by atoms with van der Waals surface area (Å²) in [5.41, 5.74) is 3.25. The third-order valence-electron chi connectivity index (χ3n) is 5.28. The predicted octanol–water partition coefficient (Wildman–Crippen LogP) is 5.08. The summed E-state index contributed by atoms with van der Waals surface area (Å²) >= 11 is 1.63. The number of ether oxygens (including phenoxy) is 2. The van der Waals surface area contributed by atoms with Crippen molar-refractivity contribution < 1.29 is 24.2 Å². The molecule has 2 aromatic carbocycles. The molecule has 1 heterocycles. The lowest BCUT2D eigenvalue weighted by Crippen LogP contribution is -2.26. The van der Waals surface area contributed by atoms with Gasteiger partial charge in [-0.3, -0.25) is 0 Å². The summed E-state index contributed by atoms with van der Waals surface area (Å²) in [6.07, 6.45) is -0.221. The lowest BCUT2D eigenvalue weighted by Gasteiger charge is -2.27. The summed E-state index contributed by atoms with van der Waals surface area (Å²) in [5.74, 6) is -1.08. The van der Waals surface area contributed by atoms with Gasteiger partial charge >= 0.3 is 11.9 Å². The molecule has 2 aromatic rings. The Morgan fingerprint density at radius 2 is 1.87 bits per heavy atom. The molecule has 1 aliphatic heterocycles. The lowest BCUT2D eigenvalue weighted by atomic mass is 9.77. The minimum absolute atomic E-state index is 0.0597. The van der Waals surface area contributed by atoms with Gasteiger partial charge in [-0.15, -0.1) is 11.8 Å². The van der Waals surface area contributed by atoms with Crippen LogP contribution in [-0.4, -0.2) is 29.8 Å². The van der Waals surface area contributed by atoms with E-state index in [1.54, 1.807) is 25.6 Å². The summed E-state index contributed by atoms with van der Waals surface area (Å²) in [4.78, 5) is 26.5. The zero-order valence-electron chi connectivity index (χ0n) is 17.5. The van der Waals surface area contributed by atoms with Crippen LogP contribution in [0.15, 0.2) is 82.0 Å². The highest BCUT2D eigenvalue weighted by Crippen LogP contribution is 2.47. The van der Waals surface area contributed by atoms with Gasteiger partial charge in [0.05, 0.1) is 23.2 Å². The average molecular weight is 437 g/mol. The molecule has 160 valence electrons. The highest BCUT2D eigenvalue weighted by Gasteiger charge is 2.43. The second kappa shape index (κ2) is 9.02. The fourth-order valence-corrected chi connectivity index (χ4v) is 4.98. The maximum atomic E-state index is 13.0. The number of benzene rings is 2. The van der Waals surface area contributed by atoms with E-state index >= 15 is 0 Å². The van der Waals surface area contributed by atoms with Gasteiger partial charge in [0.15, 0.2) is 0 Å². The van der Waals surface area contributed by atoms with Crippen molar-refractivity contribution in [2.75, 3.05) is 6.61 Å². The van der Waals surface area contributed by atoms with E-state index in [2.05, 4.69) is 12.1 Å². The standard InChI is InChI=1S/C25H24O5S/c1-15(2)30-25(28)23-19(26)12-17-13-29-24(27)21(17)22(23)18-10-6-7-11-20(18)31-14-16-8-4-3-5-9-16/h3-11,15,22,26H,12-14H2,1-2H3. The van der Waals surface area contributed by atoms with Crippen LogP contribution in [0.1, 0.15) is 37.3 Å². The van der Waals surface area contributed by atoms with Crippen LogP contribution in [0.4, 0.5) is 0 Å². The summed E-state index contributed by atoms with van der Waals surface area (Å²) in [7, 11) is 0. The second-order valence-electron chi connectivity index (χ2n) is 7.83. The van der Waals surface area contributed by atoms with Crippen molar-refractivity contribution in [2.45, 2.75) is 42.9 Å². The molecular weight excluding hydrogens is 412 g/mol. The van der Waals surface area contributed by atoms with Crippen molar-refractivity contribution in [3.8, 4) is 0 Å². The molecule has 1 atom stereocenters. The molecule has 6 heteroatoms. The number of rotatable bonds is 6. The first kappa shape index (κ1) is 21.2. The second-order valence-corrected chi connectivity index (χ2v) is 8.85. The number of carbonyl (C=O) groups is 2. The first-order valence-electron chi connectivity index (χ1n) is 10.2. The molecule has 1 aliphatic carbocycles. The SMILES string of the molecule is CC(C)OC(=O)C1=C(O)CC2=C(C(=O)OC2)C1c1ccccc1SCc1ccccc1. The van der Waals surface area contributed by atoms with E-state index in [1.807, 2.05) is 42.5 Å². The number of cyclic esters (lactones) is 1. The average Bonchev–Trinajstić information content (AvgIpc) is 3.12. The van der Waals surface area contributed by atoms with Gasteiger partial charge in [0.1, 0.15) is 12.4 Å². The van der Waals surface area contributed by atoms with Gasteiger partial charge < -0.3 is 14.6 Å². The van der Waals surface area contributed by atoms with Gasteiger partial charge in [-0.1, -0.05) is 48.5 Å². The molecule has 0 radical (unpaired) electrons. The zero-order valence-corrected chi connectivity index (χ0v) is 18.3. The summed E-state index contributed by atoms with van der Waals surface area (Å²) in [5, 5.41) is 10.8. The minimum Gasteiger partial charge on any atom is -0.511 e. The number of thioether (sulfide) groups is 1. The maximum Gasteiger partial charge on any atom is 0.338 e. The first-order valence-corrected chi connectivity index (χ1v) is 11.2. The van der Waals surface area contributed by atoms with Crippen LogP contribution in [0.2, 0.25) is 0 Å². The Balaban J connectivity index is 1.76. The molecule has 1 N–H and O–H groups in total. The number of aliphatic hydroxyl groups excluding tert-OH is 1. The topological polar surface area (TPSA) is 72.8 Å². The quantitative estimate of drug-likeness (QED) is 0.503. The Bertz CT molecular complexity index is 1070. The summed E-state index contributed by atoms with van der Waals surface area (Å²) < 4.78 is 10.7. The molecular formula is C25H24O5S. The number of hydrogen-bond donors (Lipinski definition) is 1. The van der Waals surface area contributed by atoms with Crippen LogP contribution < -0.4 is 0 Å². The van der Waals surface area contributed by atoms with E-state index in [9.17, 15) is 14.7 Å². The zero-order chi connectivity index (χ0) is 22.0. The fourth-order valence-electron chi connectivity index (χ4n) is 3.94. The first-order chi connectivity index (χ1) is 15.0. The molecule has 0 spiro atoms. The molecule has 5 nitrogen and oxygen atoms in total. The van der Waals surface area contributed by atoms with E-state index in [4.69, 9.17) is 9.47 Å². The van der Waals surface area contributed by atoms with Crippen LogP contribution in [0.25, 0.3) is 0 Å². The minimum atomic E-state index is -0.718. The maximum absolute atomic E-state index is 13.0. The largest absolute Gasteiger partial charge is 0.511 e. The van der Waals surface area contributed by atoms with E-state index in [0.717, 1.165) is 21.8 Å². The van der Waals surface area contributed by atoms with E-state index in [0.29, 0.717) is 5.57 Å². The monoisotopic (exact) mass is 436 g/mol. The molecule has 0 saturated carbocycles. The number of aliphatic hydroxyl groups is 1. The van der Waals surface area contributed by atoms with Gasteiger partial charge in [0.25, 0.3) is 0 Å². The number of carbonyl (C=O) groups excluding carboxylic acids is 2. The Morgan fingerprint density at radius 3 is 2.61 bits per heavy atom. The smallest absolute Gasteiger partial charge is 0.338 e. The van der Waals surface area contributed by atoms with Crippen molar-refractivity contribution in [3.63, 3.8) is 0 Å². The van der Waals surface area contributed by atoms with Gasteiger partial charge in [-0.2, -0.15) is 0 Å². The molecule has 0 bridgehead atoms. The number of esters is 2. The van der Waals surface area contributed by atoms with Gasteiger partial charge in [0, 0.05) is 17.1 Å². The Morgan fingerprint density at radius 1 is 1.16 bits per heavy atom. The molecule has 0 fully saturated rings. The van der Waals surface area contributed by atoms with Crippen LogP contribution in [0.3, 0.4) is 0 Å². The van der Waals surface area contributed by atoms with E-state index < -0.39 is 17.9 Å². The molecule has 31 heavy (non-hydrogen) atoms. The van der Waals surface area contributed by atoms with E-state index in [1.165, 1.54) is 5.56 Å². The highest BCUT2D eigenvalue weighted by atomic mass is 32.2. The van der Waals surface area contributed by atoms with Crippen molar-refractivity contribution in [3.05, 3.63) is 88.2 Å². The molecule has 0 amide bonds. The third kappa shape index (κ3) is 4.39. The number of hydrogen-bond acceptors (Lipinski definition) is 6. The normalized spacial score (nSPS) is 18.3. The van der Waals surface area contributed by atoms with Crippen molar-refractivity contribution in [2.24, 2.45) is 0 Å². The predicted molar refractivity (Wildman–Crippen MR) is 119 cm³/mol.